The van der Waals surface area contributed by atoms with Crippen LogP contribution in [0.15, 0.2) is 29.9 Å². The summed E-state index contributed by atoms with van der Waals surface area (Å²) < 4.78 is 16.9. The van der Waals surface area contributed by atoms with Gasteiger partial charge in [0.1, 0.15) is 17.6 Å². The summed E-state index contributed by atoms with van der Waals surface area (Å²) in [6, 6.07) is 3.36. The number of ketones is 1. The normalized spacial score (nSPS) is 36.7. The number of hydrogen-bond acceptors (Lipinski definition) is 9. The number of Topliss-reactive ketones (excluding diaryl/α,β-unsaturated/α-hetero) is 1. The zero-order valence-corrected chi connectivity index (χ0v) is 26.0. The lowest BCUT2D eigenvalue weighted by Gasteiger charge is -2.61. The highest BCUT2D eigenvalue weighted by molar-refractivity contribution is 6.68. The van der Waals surface area contributed by atoms with E-state index >= 15 is 0 Å². The zero-order valence-electron chi connectivity index (χ0n) is 26.0. The summed E-state index contributed by atoms with van der Waals surface area (Å²) in [5, 5.41) is 26.5. The van der Waals surface area contributed by atoms with Crippen LogP contribution in [0.4, 0.5) is 4.79 Å². The van der Waals surface area contributed by atoms with Crippen molar-refractivity contribution in [1.82, 2.24) is 4.92 Å². The van der Waals surface area contributed by atoms with E-state index in [2.05, 4.69) is 32.5 Å². The van der Waals surface area contributed by atoms with Crippen molar-refractivity contribution in [2.75, 3.05) is 13.7 Å². The third kappa shape index (κ3) is 4.70. The summed E-state index contributed by atoms with van der Waals surface area (Å²) >= 11 is 0. The Kier molecular flexibility index (Phi) is 8.05. The lowest BCUT2D eigenvalue weighted by molar-refractivity contribution is -0.207. The molecule has 1 heterocycles. The quantitative estimate of drug-likeness (QED) is 0.301. The van der Waals surface area contributed by atoms with Crippen LogP contribution in [-0.2, 0) is 19.1 Å². The smallest absolute Gasteiger partial charge is 0.479 e. The minimum absolute atomic E-state index is 0.110. The Hall–Kier alpha value is -3.18. The summed E-state index contributed by atoms with van der Waals surface area (Å²) in [7, 11) is -0.190. The Morgan fingerprint density at radius 3 is 2.65 bits per heavy atom. The number of esters is 1. The van der Waals surface area contributed by atoms with E-state index in [0.29, 0.717) is 35.2 Å². The molecule has 11 heteroatoms. The summed E-state index contributed by atoms with van der Waals surface area (Å²) in [4.78, 5) is 40.0. The molecule has 43 heavy (non-hydrogen) atoms. The standard InChI is InChI=1S/C32H43BN2O8/c1-8-30(5)15-24(31(6)18(2)11-13-32(20(4)28(30)38)14-12-22(36)27(31)32)43-25(37)17-42-23-10-9-21-16-34-35(29(39)41-7)33(40)26(21)19(23)3/h8-10,16,18,20,24,27-28,38,40H,1,11-15,17H2,2-7H3/t18-,20+,24-,27+,28+,30-,31+,32+/m1/s1. The second kappa shape index (κ2) is 11.1. The minimum atomic E-state index is -1.39. The van der Waals surface area contributed by atoms with Crippen molar-refractivity contribution in [2.45, 2.75) is 78.9 Å². The van der Waals surface area contributed by atoms with E-state index in [1.54, 1.807) is 25.1 Å². The molecule has 5 rings (SSSR count). The third-order valence-electron chi connectivity index (χ3n) is 11.6. The Bertz CT molecular complexity index is 1370. The van der Waals surface area contributed by atoms with Gasteiger partial charge in [-0.25, -0.2) is 14.5 Å². The van der Waals surface area contributed by atoms with Crippen molar-refractivity contribution < 1.29 is 38.7 Å². The molecule has 232 valence electrons. The number of aliphatic hydroxyl groups excluding tert-OH is 1. The molecule has 2 N–H and O–H groups in total. The van der Waals surface area contributed by atoms with E-state index in [1.165, 1.54) is 13.3 Å². The molecule has 3 saturated carbocycles. The maximum Gasteiger partial charge on any atom is 0.479 e. The fraction of sp³-hybridized carbons (Fsp3) is 0.625. The highest BCUT2D eigenvalue weighted by atomic mass is 16.6. The maximum absolute atomic E-state index is 13.6. The van der Waals surface area contributed by atoms with Gasteiger partial charge in [0.05, 0.1) is 19.4 Å². The van der Waals surface area contributed by atoms with Gasteiger partial charge >= 0.3 is 19.1 Å². The second-order valence-electron chi connectivity index (χ2n) is 13.5. The van der Waals surface area contributed by atoms with Gasteiger partial charge in [-0.3, -0.25) is 4.79 Å². The average Bonchev–Trinajstić information content (AvgIpc) is 3.34. The van der Waals surface area contributed by atoms with Gasteiger partial charge in [-0.2, -0.15) is 5.10 Å². The van der Waals surface area contributed by atoms with E-state index in [-0.39, 0.29) is 29.0 Å². The van der Waals surface area contributed by atoms with E-state index in [0.717, 1.165) is 24.2 Å². The monoisotopic (exact) mass is 594 g/mol. The number of carbonyl (C=O) groups excluding carboxylic acids is 3. The van der Waals surface area contributed by atoms with E-state index in [1.807, 2.05) is 6.92 Å². The number of benzene rings is 1. The van der Waals surface area contributed by atoms with Gasteiger partial charge < -0.3 is 24.3 Å². The molecular weight excluding hydrogens is 551 g/mol. The first-order valence-electron chi connectivity index (χ1n) is 15.1. The topological polar surface area (TPSA) is 135 Å². The van der Waals surface area contributed by atoms with Gasteiger partial charge in [0, 0.05) is 23.2 Å². The van der Waals surface area contributed by atoms with Crippen molar-refractivity contribution in [3.05, 3.63) is 35.9 Å². The molecule has 10 nitrogen and oxygen atoms in total. The predicted molar refractivity (Wildman–Crippen MR) is 161 cm³/mol. The number of aliphatic hydroxyl groups is 1. The van der Waals surface area contributed by atoms with Crippen LogP contribution >= 0.6 is 0 Å². The van der Waals surface area contributed by atoms with E-state index in [9.17, 15) is 24.5 Å². The molecule has 1 amide bonds. The first kappa shape index (κ1) is 31.3. The molecule has 8 atom stereocenters. The molecule has 0 saturated heterocycles. The summed E-state index contributed by atoms with van der Waals surface area (Å²) in [6.45, 7) is 13.6. The zero-order chi connectivity index (χ0) is 31.5. The largest absolute Gasteiger partial charge is 0.482 e. The number of ether oxygens (including phenoxy) is 3. The number of carbonyl (C=O) groups is 3. The Balaban J connectivity index is 1.41. The molecule has 1 aromatic rings. The fourth-order valence-electron chi connectivity index (χ4n) is 8.72. The summed E-state index contributed by atoms with van der Waals surface area (Å²) in [5.74, 6) is -0.362. The van der Waals surface area contributed by atoms with Crippen LogP contribution in [0, 0.1) is 40.9 Å². The number of hydrazone groups is 1. The summed E-state index contributed by atoms with van der Waals surface area (Å²) in [5.41, 5.74) is -0.152. The number of fused-ring (bicyclic) bond motifs is 1. The second-order valence-corrected chi connectivity index (χ2v) is 13.5. The molecule has 1 aromatic carbocycles. The fourth-order valence-corrected chi connectivity index (χ4v) is 8.72. The van der Waals surface area contributed by atoms with Gasteiger partial charge in [-0.15, -0.1) is 6.58 Å². The SMILES string of the molecule is C=C[C@]1(C)C[C@@H](OC(=O)COc2ccc3c(c2C)B(O)N(C(=O)OC)N=C3)[C@]2(C)[C@H](C)CC[C@]3(CCC(=O)[C@H]32)[C@@H](C)[C@@H]1O. The van der Waals surface area contributed by atoms with Crippen LogP contribution in [0.1, 0.15) is 70.9 Å². The lowest BCUT2D eigenvalue weighted by atomic mass is 9.44. The molecule has 2 bridgehead atoms. The number of hydrogen-bond donors (Lipinski definition) is 2. The Morgan fingerprint density at radius 1 is 1.26 bits per heavy atom. The van der Waals surface area contributed by atoms with Crippen LogP contribution in [-0.4, -0.2) is 72.1 Å². The van der Waals surface area contributed by atoms with Gasteiger partial charge in [-0.05, 0) is 72.5 Å². The Morgan fingerprint density at radius 2 is 1.98 bits per heavy atom. The van der Waals surface area contributed by atoms with Crippen LogP contribution in [0.5, 0.6) is 5.75 Å². The van der Waals surface area contributed by atoms with Crippen LogP contribution in [0.25, 0.3) is 0 Å². The number of methoxy groups -OCH3 is 1. The van der Waals surface area contributed by atoms with Crippen molar-refractivity contribution in [3.63, 3.8) is 0 Å². The molecule has 0 spiro atoms. The van der Waals surface area contributed by atoms with E-state index < -0.39 is 48.8 Å². The molecule has 0 aromatic heterocycles. The van der Waals surface area contributed by atoms with Gasteiger partial charge in [0.2, 0.25) is 0 Å². The average molecular weight is 595 g/mol. The van der Waals surface area contributed by atoms with Crippen molar-refractivity contribution >= 4 is 36.6 Å². The molecule has 1 aliphatic heterocycles. The maximum atomic E-state index is 13.6. The van der Waals surface area contributed by atoms with Crippen molar-refractivity contribution in [3.8, 4) is 5.75 Å². The van der Waals surface area contributed by atoms with Gasteiger partial charge in [-0.1, -0.05) is 39.8 Å². The lowest BCUT2D eigenvalue weighted by Crippen LogP contribution is -2.63. The molecule has 0 radical (unpaired) electrons. The third-order valence-corrected chi connectivity index (χ3v) is 11.6. The minimum Gasteiger partial charge on any atom is -0.482 e. The number of nitrogens with zero attached hydrogens (tertiary/aromatic N) is 2. The van der Waals surface area contributed by atoms with E-state index in [4.69, 9.17) is 14.2 Å². The predicted octanol–water partition coefficient (Wildman–Crippen LogP) is 3.38. The Labute approximate surface area is 253 Å². The molecule has 0 unspecified atom stereocenters. The highest BCUT2D eigenvalue weighted by Gasteiger charge is 2.68. The van der Waals surface area contributed by atoms with Crippen LogP contribution in [0.2, 0.25) is 0 Å². The van der Waals surface area contributed by atoms with Gasteiger partial charge in [0.25, 0.3) is 0 Å². The number of amides is 1. The summed E-state index contributed by atoms with van der Waals surface area (Å²) in [6.07, 6.45) is 4.29. The van der Waals surface area contributed by atoms with Crippen LogP contribution in [0.3, 0.4) is 0 Å². The molecule has 4 aliphatic rings. The van der Waals surface area contributed by atoms with Gasteiger partial charge in [0.15, 0.2) is 6.61 Å². The molecule has 3 fully saturated rings. The first-order chi connectivity index (χ1) is 20.2. The first-order valence-corrected chi connectivity index (χ1v) is 15.1. The molecular formula is C32H43BN2O8. The van der Waals surface area contributed by atoms with Crippen LogP contribution < -0.4 is 10.2 Å². The van der Waals surface area contributed by atoms with Crippen molar-refractivity contribution in [2.24, 2.45) is 39.1 Å². The number of rotatable bonds is 5. The highest BCUT2D eigenvalue weighted by Crippen LogP contribution is 2.68. The molecule has 3 aliphatic carbocycles. The van der Waals surface area contributed by atoms with Crippen molar-refractivity contribution in [1.29, 1.82) is 0 Å².